The third-order valence-electron chi connectivity index (χ3n) is 6.35. The van der Waals surface area contributed by atoms with Gasteiger partial charge >= 0.3 is 5.97 Å². The normalized spacial score (nSPS) is 18.6. The third kappa shape index (κ3) is 5.26. The highest BCUT2D eigenvalue weighted by Gasteiger charge is 2.35. The molecule has 4 rings (SSSR count). The van der Waals surface area contributed by atoms with Crippen LogP contribution in [0.25, 0.3) is 0 Å². The molecule has 1 fully saturated rings. The summed E-state index contributed by atoms with van der Waals surface area (Å²) in [5.41, 5.74) is 1.14. The van der Waals surface area contributed by atoms with Gasteiger partial charge in [0.25, 0.3) is 0 Å². The number of amides is 2. The number of carbonyl (C=O) groups is 3. The van der Waals surface area contributed by atoms with E-state index in [0.29, 0.717) is 49.5 Å². The summed E-state index contributed by atoms with van der Waals surface area (Å²) in [5, 5.41) is 3.28. The molecule has 1 N–H and O–H groups in total. The lowest BCUT2D eigenvalue weighted by Crippen LogP contribution is -2.43. The predicted molar refractivity (Wildman–Crippen MR) is 132 cm³/mol. The maximum absolute atomic E-state index is 13.3. The number of benzene rings is 1. The molecule has 1 aromatic heterocycles. The fourth-order valence-electron chi connectivity index (χ4n) is 4.51. The third-order valence-corrected chi connectivity index (χ3v) is 9.37. The molecule has 2 aliphatic rings. The zero-order valence-electron chi connectivity index (χ0n) is 19.8. The molecule has 2 amide bonds. The minimum atomic E-state index is -3.70. The van der Waals surface area contributed by atoms with Crippen LogP contribution in [0.3, 0.4) is 0 Å². The Balaban J connectivity index is 1.55. The van der Waals surface area contributed by atoms with Gasteiger partial charge in [-0.2, -0.15) is 4.31 Å². The van der Waals surface area contributed by atoms with Crippen molar-refractivity contribution in [2.45, 2.75) is 44.6 Å². The molecule has 1 atom stereocenters. The highest BCUT2D eigenvalue weighted by Crippen LogP contribution is 2.38. The summed E-state index contributed by atoms with van der Waals surface area (Å²) in [5.74, 6) is -1.43. The van der Waals surface area contributed by atoms with Gasteiger partial charge in [-0.05, 0) is 43.9 Å². The number of anilines is 1. The van der Waals surface area contributed by atoms with Crippen LogP contribution in [-0.2, 0) is 37.3 Å². The summed E-state index contributed by atoms with van der Waals surface area (Å²) in [6, 6.07) is 8.19. The van der Waals surface area contributed by atoms with Crippen LogP contribution in [0.2, 0.25) is 0 Å². The van der Waals surface area contributed by atoms with Gasteiger partial charge < -0.3 is 15.0 Å². The first-order chi connectivity index (χ1) is 16.7. The lowest BCUT2D eigenvalue weighted by molar-refractivity contribution is -0.129. The van der Waals surface area contributed by atoms with Crippen LogP contribution in [-0.4, -0.2) is 61.6 Å². The number of ether oxygens (including phenoxy) is 1. The van der Waals surface area contributed by atoms with Gasteiger partial charge in [0, 0.05) is 31.4 Å². The Morgan fingerprint density at radius 3 is 2.60 bits per heavy atom. The Bertz CT molecular complexity index is 1230. The Hall–Kier alpha value is -2.76. The van der Waals surface area contributed by atoms with E-state index in [4.69, 9.17) is 4.74 Å². The van der Waals surface area contributed by atoms with Crippen molar-refractivity contribution in [1.29, 1.82) is 0 Å². The SMILES string of the molecule is CCOC(=O)c1c(NC(=O)C2CCCN(S(=O)(=O)c3ccccc3)C2)sc2c1CCN(C(C)=O)C2. The molecular weight excluding hydrogens is 490 g/mol. The van der Waals surface area contributed by atoms with Crippen molar-refractivity contribution in [2.75, 3.05) is 31.6 Å². The Morgan fingerprint density at radius 2 is 1.91 bits per heavy atom. The molecule has 188 valence electrons. The second-order valence-corrected chi connectivity index (χ2v) is 11.7. The van der Waals surface area contributed by atoms with Gasteiger partial charge in [-0.25, -0.2) is 13.2 Å². The minimum absolute atomic E-state index is 0.0470. The topological polar surface area (TPSA) is 113 Å². The Kier molecular flexibility index (Phi) is 7.58. The zero-order valence-corrected chi connectivity index (χ0v) is 21.4. The average Bonchev–Trinajstić information content (AvgIpc) is 3.21. The second-order valence-electron chi connectivity index (χ2n) is 8.62. The number of carbonyl (C=O) groups excluding carboxylic acids is 3. The monoisotopic (exact) mass is 519 g/mol. The van der Waals surface area contributed by atoms with E-state index in [-0.39, 0.29) is 29.9 Å². The highest BCUT2D eigenvalue weighted by atomic mass is 32.2. The molecular formula is C24H29N3O6S2. The second kappa shape index (κ2) is 10.5. The van der Waals surface area contributed by atoms with Gasteiger partial charge in [0.1, 0.15) is 5.00 Å². The van der Waals surface area contributed by atoms with Crippen LogP contribution < -0.4 is 5.32 Å². The molecule has 1 saturated heterocycles. The summed E-state index contributed by atoms with van der Waals surface area (Å²) in [6.07, 6.45) is 1.61. The molecule has 0 radical (unpaired) electrons. The fraction of sp³-hybridized carbons (Fsp3) is 0.458. The molecule has 0 spiro atoms. The number of nitrogens with zero attached hydrogens (tertiary/aromatic N) is 2. The predicted octanol–water partition coefficient (Wildman–Crippen LogP) is 2.87. The minimum Gasteiger partial charge on any atom is -0.462 e. The van der Waals surface area contributed by atoms with Gasteiger partial charge in [0.15, 0.2) is 0 Å². The molecule has 3 heterocycles. The molecule has 2 aromatic rings. The molecule has 1 unspecified atom stereocenters. The van der Waals surface area contributed by atoms with Crippen LogP contribution >= 0.6 is 11.3 Å². The van der Waals surface area contributed by atoms with Gasteiger partial charge in [0.05, 0.1) is 29.5 Å². The Morgan fingerprint density at radius 1 is 1.17 bits per heavy atom. The number of hydrogen-bond donors (Lipinski definition) is 1. The Labute approximate surface area is 209 Å². The number of fused-ring (bicyclic) bond motifs is 1. The molecule has 2 aliphatic heterocycles. The van der Waals surface area contributed by atoms with E-state index in [1.54, 1.807) is 42.2 Å². The molecule has 9 nitrogen and oxygen atoms in total. The summed E-state index contributed by atoms with van der Waals surface area (Å²) in [7, 11) is -3.70. The smallest absolute Gasteiger partial charge is 0.341 e. The largest absolute Gasteiger partial charge is 0.462 e. The molecule has 0 bridgehead atoms. The number of piperidine rings is 1. The molecule has 0 aliphatic carbocycles. The lowest BCUT2D eigenvalue weighted by atomic mass is 9.98. The molecule has 11 heteroatoms. The van der Waals surface area contributed by atoms with E-state index in [2.05, 4.69) is 5.32 Å². The maximum Gasteiger partial charge on any atom is 0.341 e. The summed E-state index contributed by atoms with van der Waals surface area (Å²) in [4.78, 5) is 40.6. The van der Waals surface area contributed by atoms with E-state index in [1.807, 2.05) is 0 Å². The molecule has 1 aromatic carbocycles. The van der Waals surface area contributed by atoms with Crippen molar-refractivity contribution >= 4 is 44.1 Å². The lowest BCUT2D eigenvalue weighted by Gasteiger charge is -2.31. The van der Waals surface area contributed by atoms with Crippen molar-refractivity contribution in [3.05, 3.63) is 46.3 Å². The first-order valence-corrected chi connectivity index (χ1v) is 13.9. The van der Waals surface area contributed by atoms with E-state index >= 15 is 0 Å². The van der Waals surface area contributed by atoms with E-state index < -0.39 is 21.9 Å². The summed E-state index contributed by atoms with van der Waals surface area (Å²) in [6.45, 7) is 4.72. The first-order valence-electron chi connectivity index (χ1n) is 11.7. The number of nitrogens with one attached hydrogen (secondary N) is 1. The van der Waals surface area contributed by atoms with Gasteiger partial charge in [-0.3, -0.25) is 9.59 Å². The number of thiophene rings is 1. The highest BCUT2D eigenvalue weighted by molar-refractivity contribution is 7.89. The summed E-state index contributed by atoms with van der Waals surface area (Å²) >= 11 is 1.27. The van der Waals surface area contributed by atoms with E-state index in [1.165, 1.54) is 22.6 Å². The molecule has 0 saturated carbocycles. The molecule has 35 heavy (non-hydrogen) atoms. The van der Waals surface area contributed by atoms with Crippen LogP contribution in [0.5, 0.6) is 0 Å². The van der Waals surface area contributed by atoms with E-state index in [9.17, 15) is 22.8 Å². The van der Waals surface area contributed by atoms with Gasteiger partial charge in [0.2, 0.25) is 21.8 Å². The zero-order chi connectivity index (χ0) is 25.2. The fourth-order valence-corrected chi connectivity index (χ4v) is 7.31. The number of esters is 1. The van der Waals surface area contributed by atoms with Crippen LogP contribution in [0, 0.1) is 5.92 Å². The number of sulfonamides is 1. The van der Waals surface area contributed by atoms with Crippen LogP contribution in [0.4, 0.5) is 5.00 Å². The van der Waals surface area contributed by atoms with Gasteiger partial charge in [-0.15, -0.1) is 11.3 Å². The first kappa shape index (κ1) is 25.3. The van der Waals surface area contributed by atoms with Crippen LogP contribution in [0.1, 0.15) is 47.5 Å². The standard InChI is InChI=1S/C24H29N3O6S2/c1-3-33-24(30)21-19-11-13-26(16(2)28)15-20(19)34-23(21)25-22(29)17-8-7-12-27(14-17)35(31,32)18-9-5-4-6-10-18/h4-6,9-10,17H,3,7-8,11-15H2,1-2H3,(H,25,29). The van der Waals surface area contributed by atoms with E-state index in [0.717, 1.165) is 10.4 Å². The van der Waals surface area contributed by atoms with Crippen molar-refractivity contribution < 1.29 is 27.5 Å². The number of rotatable bonds is 6. The van der Waals surface area contributed by atoms with Crippen molar-refractivity contribution in [2.24, 2.45) is 5.92 Å². The quantitative estimate of drug-likeness (QED) is 0.587. The van der Waals surface area contributed by atoms with Crippen molar-refractivity contribution in [3.63, 3.8) is 0 Å². The number of hydrogen-bond acceptors (Lipinski definition) is 7. The van der Waals surface area contributed by atoms with Crippen molar-refractivity contribution in [1.82, 2.24) is 9.21 Å². The summed E-state index contributed by atoms with van der Waals surface area (Å²) < 4.78 is 32.7. The maximum atomic E-state index is 13.3. The van der Waals surface area contributed by atoms with Gasteiger partial charge in [-0.1, -0.05) is 18.2 Å². The average molecular weight is 520 g/mol. The van der Waals surface area contributed by atoms with Crippen LogP contribution in [0.15, 0.2) is 35.2 Å². The van der Waals surface area contributed by atoms with Crippen molar-refractivity contribution in [3.8, 4) is 0 Å².